The van der Waals surface area contributed by atoms with E-state index in [2.05, 4.69) is 32.2 Å². The predicted octanol–water partition coefficient (Wildman–Crippen LogP) is 3.23. The molecule has 1 N–H and O–H groups in total. The van der Waals surface area contributed by atoms with Crippen LogP contribution in [0.1, 0.15) is 18.9 Å². The molecule has 1 spiro atoms. The van der Waals surface area contributed by atoms with Crippen molar-refractivity contribution in [3.8, 4) is 5.75 Å². The van der Waals surface area contributed by atoms with Crippen LogP contribution in [-0.2, 0) is 19.9 Å². The minimum atomic E-state index is -2.21. The molecule has 3 aliphatic heterocycles. The van der Waals surface area contributed by atoms with Gasteiger partial charge in [0.25, 0.3) is 5.91 Å². The van der Waals surface area contributed by atoms with Crippen LogP contribution < -0.4 is 19.7 Å². The van der Waals surface area contributed by atoms with Gasteiger partial charge in [-0.2, -0.15) is 0 Å². The number of cyclic esters (lactones) is 1. The van der Waals surface area contributed by atoms with Crippen molar-refractivity contribution in [3.63, 3.8) is 0 Å². The Morgan fingerprint density at radius 2 is 1.89 bits per heavy atom. The van der Waals surface area contributed by atoms with Gasteiger partial charge in [0.2, 0.25) is 0 Å². The van der Waals surface area contributed by atoms with Crippen molar-refractivity contribution in [3.05, 3.63) is 48.0 Å². The highest BCUT2D eigenvalue weighted by atomic mass is 28.3. The van der Waals surface area contributed by atoms with Crippen molar-refractivity contribution in [2.45, 2.75) is 43.7 Å². The van der Waals surface area contributed by atoms with Crippen LogP contribution in [0.4, 0.5) is 16.2 Å². The van der Waals surface area contributed by atoms with Gasteiger partial charge in [-0.3, -0.25) is 9.69 Å². The number of hydrogen-bond acceptors (Lipinski definition) is 6. The Morgan fingerprint density at radius 3 is 2.50 bits per heavy atom. The Kier molecular flexibility index (Phi) is 6.13. The first-order valence-corrected chi connectivity index (χ1v) is 15.5. The molecule has 2 aromatic carbocycles. The number of nitrogens with zero attached hydrogens (tertiary/aromatic N) is 2. The lowest BCUT2D eigenvalue weighted by atomic mass is 9.82. The molecule has 2 amide bonds. The van der Waals surface area contributed by atoms with E-state index in [0.29, 0.717) is 25.3 Å². The van der Waals surface area contributed by atoms with Crippen molar-refractivity contribution in [2.75, 3.05) is 43.7 Å². The van der Waals surface area contributed by atoms with Crippen LogP contribution in [0, 0.1) is 5.92 Å². The summed E-state index contributed by atoms with van der Waals surface area (Å²) in [5.41, 5.74) is 1.16. The summed E-state index contributed by atoms with van der Waals surface area (Å²) in [6.07, 6.45) is -0.211. The number of aliphatic hydroxyl groups excluding tert-OH is 1. The van der Waals surface area contributed by atoms with E-state index in [1.807, 2.05) is 30.3 Å². The summed E-state index contributed by atoms with van der Waals surface area (Å²) in [5, 5.41) is 11.2. The lowest BCUT2D eigenvalue weighted by Gasteiger charge is -2.37. The maximum absolute atomic E-state index is 14.0. The van der Waals surface area contributed by atoms with Crippen LogP contribution in [0.5, 0.6) is 5.75 Å². The minimum Gasteiger partial charge on any atom is -0.497 e. The molecule has 3 heterocycles. The number of fused-ring (bicyclic) bond motifs is 2. The highest BCUT2D eigenvalue weighted by molar-refractivity contribution is 6.91. The van der Waals surface area contributed by atoms with E-state index in [4.69, 9.17) is 14.2 Å². The van der Waals surface area contributed by atoms with Crippen LogP contribution in [0.2, 0.25) is 18.6 Å². The zero-order chi connectivity index (χ0) is 25.8. The summed E-state index contributed by atoms with van der Waals surface area (Å²) in [4.78, 5) is 29.5. The first-order valence-electron chi connectivity index (χ1n) is 12.5. The average Bonchev–Trinajstić information content (AvgIpc) is 3.49. The largest absolute Gasteiger partial charge is 0.497 e. The van der Waals surface area contributed by atoms with Crippen LogP contribution in [0.3, 0.4) is 0 Å². The second-order valence-electron chi connectivity index (χ2n) is 10.5. The molecule has 0 saturated carbocycles. The molecule has 4 atom stereocenters. The van der Waals surface area contributed by atoms with E-state index in [-0.39, 0.29) is 36.2 Å². The van der Waals surface area contributed by atoms with E-state index in [1.54, 1.807) is 24.0 Å². The fraction of sp³-hybridized carbons (Fsp3) is 0.481. The highest BCUT2D eigenvalue weighted by Crippen LogP contribution is 2.60. The quantitative estimate of drug-likeness (QED) is 0.601. The molecule has 0 aromatic heterocycles. The van der Waals surface area contributed by atoms with Gasteiger partial charge in [0.15, 0.2) is 5.60 Å². The summed E-state index contributed by atoms with van der Waals surface area (Å²) in [6, 6.07) is 13.9. The van der Waals surface area contributed by atoms with Crippen molar-refractivity contribution in [1.29, 1.82) is 0 Å². The molecule has 2 aromatic rings. The number of benzene rings is 2. The Labute approximate surface area is 212 Å². The number of anilines is 2. The number of rotatable bonds is 6. The van der Waals surface area contributed by atoms with Crippen molar-refractivity contribution in [2.24, 2.45) is 5.92 Å². The zero-order valence-electron chi connectivity index (χ0n) is 21.5. The molecule has 192 valence electrons. The molecule has 0 unspecified atom stereocenters. The Balaban J connectivity index is 1.61. The first kappa shape index (κ1) is 24.8. The molecule has 9 heteroatoms. The number of methoxy groups -OCH3 is 1. The van der Waals surface area contributed by atoms with Gasteiger partial charge in [-0.15, -0.1) is 0 Å². The van der Waals surface area contributed by atoms with E-state index < -0.39 is 13.7 Å². The van der Waals surface area contributed by atoms with Gasteiger partial charge in [0.05, 0.1) is 33.5 Å². The van der Waals surface area contributed by atoms with E-state index in [1.165, 1.54) is 5.19 Å². The zero-order valence-corrected chi connectivity index (χ0v) is 22.5. The lowest BCUT2D eigenvalue weighted by Crippen LogP contribution is -2.51. The average molecular weight is 511 g/mol. The lowest BCUT2D eigenvalue weighted by molar-refractivity contribution is -0.145. The summed E-state index contributed by atoms with van der Waals surface area (Å²) < 4.78 is 17.3. The normalized spacial score (nSPS) is 27.7. The molecule has 8 nitrogen and oxygen atoms in total. The third kappa shape index (κ3) is 3.48. The number of likely N-dealkylation sites (N-methyl/N-ethyl adjacent to an activating group) is 1. The number of amides is 2. The van der Waals surface area contributed by atoms with E-state index in [9.17, 15) is 14.7 Å². The molecule has 3 aliphatic rings. The molecule has 0 bridgehead atoms. The third-order valence-corrected chi connectivity index (χ3v) is 12.8. The van der Waals surface area contributed by atoms with Crippen molar-refractivity contribution in [1.82, 2.24) is 0 Å². The molecule has 0 radical (unpaired) electrons. The van der Waals surface area contributed by atoms with Crippen LogP contribution in [0.25, 0.3) is 0 Å². The first-order chi connectivity index (χ1) is 17.2. The highest BCUT2D eigenvalue weighted by Gasteiger charge is 2.65. The summed E-state index contributed by atoms with van der Waals surface area (Å²) in [5.74, 6) is 0.558. The Bertz CT molecular complexity index is 1190. The standard InChI is InChI=1S/C27H34N2O6Si/c1-17-24(36(4,5)20-9-7-19(33-3)8-10-20)23(12-14-30)35-27(17)21-16-18(29-13-15-34-26(29)32)6-11-22(21)28(2)25(27)31/h6-11,16-17,23-24,30H,12-15H2,1-5H3/t17-,23+,24-,27+/m1/s1. The van der Waals surface area contributed by atoms with E-state index in [0.717, 1.165) is 17.0 Å². The Hall–Kier alpha value is -2.88. The molecule has 2 fully saturated rings. The summed E-state index contributed by atoms with van der Waals surface area (Å²) in [6.45, 7) is 7.52. The van der Waals surface area contributed by atoms with Crippen LogP contribution in [0.15, 0.2) is 42.5 Å². The fourth-order valence-corrected chi connectivity index (χ4v) is 10.7. The van der Waals surface area contributed by atoms with Gasteiger partial charge in [0, 0.05) is 30.8 Å². The van der Waals surface area contributed by atoms with Gasteiger partial charge < -0.3 is 24.2 Å². The molecule has 5 rings (SSSR count). The molecule has 2 saturated heterocycles. The number of hydrogen-bond donors (Lipinski definition) is 1. The van der Waals surface area contributed by atoms with Crippen molar-refractivity contribution < 1.29 is 28.9 Å². The number of aliphatic hydroxyl groups is 1. The number of ether oxygens (including phenoxy) is 3. The maximum atomic E-state index is 14.0. The monoisotopic (exact) mass is 510 g/mol. The van der Waals surface area contributed by atoms with Gasteiger partial charge in [-0.05, 0) is 42.3 Å². The molecular formula is C27H34N2O6Si. The summed E-state index contributed by atoms with van der Waals surface area (Å²) >= 11 is 0. The number of carbonyl (C=O) groups excluding carboxylic acids is 2. The van der Waals surface area contributed by atoms with Gasteiger partial charge in [-0.25, -0.2) is 4.79 Å². The second kappa shape index (κ2) is 8.90. The third-order valence-electron chi connectivity index (χ3n) is 8.44. The second-order valence-corrected chi connectivity index (χ2v) is 15.2. The summed E-state index contributed by atoms with van der Waals surface area (Å²) in [7, 11) is 1.22. The minimum absolute atomic E-state index is 0.0202. The number of carbonyl (C=O) groups is 2. The fourth-order valence-electron chi connectivity index (χ4n) is 6.60. The maximum Gasteiger partial charge on any atom is 0.414 e. The Morgan fingerprint density at radius 1 is 1.17 bits per heavy atom. The van der Waals surface area contributed by atoms with Gasteiger partial charge in [0.1, 0.15) is 12.4 Å². The molecule has 36 heavy (non-hydrogen) atoms. The molecular weight excluding hydrogens is 476 g/mol. The van der Waals surface area contributed by atoms with Gasteiger partial charge in [-0.1, -0.05) is 37.3 Å². The van der Waals surface area contributed by atoms with Crippen LogP contribution in [-0.4, -0.2) is 65.2 Å². The van der Waals surface area contributed by atoms with Gasteiger partial charge >= 0.3 is 6.09 Å². The van der Waals surface area contributed by atoms with E-state index >= 15 is 0 Å². The van der Waals surface area contributed by atoms with Crippen LogP contribution >= 0.6 is 0 Å². The predicted molar refractivity (Wildman–Crippen MR) is 140 cm³/mol. The topological polar surface area (TPSA) is 88.5 Å². The SMILES string of the molecule is COc1ccc([Si](C)(C)[C@H]2[C@H](CCO)O[C@@]3(C(=O)N(C)c4ccc(N5CCOC5=O)cc43)[C@@H]2C)cc1. The smallest absolute Gasteiger partial charge is 0.414 e. The van der Waals surface area contributed by atoms with Crippen molar-refractivity contribution >= 4 is 36.6 Å². The molecule has 0 aliphatic carbocycles.